The van der Waals surface area contributed by atoms with Crippen LogP contribution in [0.2, 0.25) is 12.1 Å². The summed E-state index contributed by atoms with van der Waals surface area (Å²) in [7, 11) is 1.47. The van der Waals surface area contributed by atoms with Crippen molar-refractivity contribution in [3.05, 3.63) is 0 Å². The van der Waals surface area contributed by atoms with Crippen LogP contribution in [-0.4, -0.2) is 7.28 Å². The van der Waals surface area contributed by atoms with Gasteiger partial charge in [-0.05, 0) is 37.0 Å². The molecule has 0 aromatic carbocycles. The SMILES string of the molecule is CBC12CC3CC(CC(C3)C1)C2. The first-order valence-corrected chi connectivity index (χ1v) is 5.80. The highest BCUT2D eigenvalue weighted by molar-refractivity contribution is 6.38. The van der Waals surface area contributed by atoms with Crippen LogP contribution in [0.4, 0.5) is 0 Å². The third-order valence-electron chi connectivity index (χ3n) is 4.92. The van der Waals surface area contributed by atoms with Gasteiger partial charge in [0.05, 0.1) is 0 Å². The molecule has 1 heteroatoms. The van der Waals surface area contributed by atoms with Crippen molar-refractivity contribution in [2.45, 2.75) is 50.7 Å². The molecule has 0 amide bonds. The predicted molar refractivity (Wildman–Crippen MR) is 53.9 cm³/mol. The zero-order chi connectivity index (χ0) is 8.18. The fourth-order valence-corrected chi connectivity index (χ4v) is 4.72. The molecule has 0 saturated heterocycles. The van der Waals surface area contributed by atoms with Crippen molar-refractivity contribution < 1.29 is 0 Å². The van der Waals surface area contributed by atoms with Gasteiger partial charge in [-0.1, -0.05) is 31.4 Å². The van der Waals surface area contributed by atoms with Gasteiger partial charge in [-0.3, -0.25) is 0 Å². The average molecular weight is 162 g/mol. The van der Waals surface area contributed by atoms with E-state index in [1.54, 1.807) is 38.5 Å². The van der Waals surface area contributed by atoms with E-state index in [2.05, 4.69) is 6.82 Å². The highest BCUT2D eigenvalue weighted by Crippen LogP contribution is 2.63. The number of rotatable bonds is 1. The molecule has 0 unspecified atom stereocenters. The van der Waals surface area contributed by atoms with Gasteiger partial charge in [0.15, 0.2) is 0 Å². The van der Waals surface area contributed by atoms with Crippen molar-refractivity contribution in [2.24, 2.45) is 17.8 Å². The number of hydrogen-bond acceptors (Lipinski definition) is 0. The van der Waals surface area contributed by atoms with Crippen LogP contribution in [0.25, 0.3) is 0 Å². The molecule has 66 valence electrons. The van der Waals surface area contributed by atoms with Gasteiger partial charge in [-0.25, -0.2) is 0 Å². The van der Waals surface area contributed by atoms with E-state index in [4.69, 9.17) is 0 Å². The molecule has 0 aromatic heterocycles. The van der Waals surface area contributed by atoms with Crippen molar-refractivity contribution in [3.63, 3.8) is 0 Å². The minimum absolute atomic E-state index is 0.842. The Bertz CT molecular complexity index is 162. The molecule has 0 atom stereocenters. The molecular formula is C11H19B. The molecule has 0 aliphatic heterocycles. The van der Waals surface area contributed by atoms with Crippen LogP contribution in [0.15, 0.2) is 0 Å². The van der Waals surface area contributed by atoms with Gasteiger partial charge >= 0.3 is 0 Å². The second-order valence-electron chi connectivity index (χ2n) is 5.77. The Hall–Kier alpha value is 0.0649. The lowest BCUT2D eigenvalue weighted by Gasteiger charge is -2.56. The molecule has 0 radical (unpaired) electrons. The third-order valence-corrected chi connectivity index (χ3v) is 4.92. The molecule has 0 N–H and O–H groups in total. The fraction of sp³-hybridized carbons (Fsp3) is 1.00. The van der Waals surface area contributed by atoms with E-state index in [0.717, 1.165) is 23.1 Å². The molecule has 4 rings (SSSR count). The minimum Gasteiger partial charge on any atom is -0.0888 e. The second kappa shape index (κ2) is 2.30. The molecule has 4 fully saturated rings. The molecule has 0 nitrogen and oxygen atoms in total. The topological polar surface area (TPSA) is 0 Å². The first-order valence-electron chi connectivity index (χ1n) is 5.80. The van der Waals surface area contributed by atoms with Gasteiger partial charge in [0.1, 0.15) is 7.28 Å². The summed E-state index contributed by atoms with van der Waals surface area (Å²) >= 11 is 0. The van der Waals surface area contributed by atoms with E-state index < -0.39 is 0 Å². The Kier molecular flexibility index (Phi) is 1.43. The van der Waals surface area contributed by atoms with Gasteiger partial charge in [0, 0.05) is 0 Å². The van der Waals surface area contributed by atoms with Crippen molar-refractivity contribution in [1.29, 1.82) is 0 Å². The van der Waals surface area contributed by atoms with Gasteiger partial charge in [0.2, 0.25) is 0 Å². The maximum Gasteiger partial charge on any atom is 0.125 e. The smallest absolute Gasteiger partial charge is 0.0888 e. The van der Waals surface area contributed by atoms with E-state index in [1.165, 1.54) is 7.28 Å². The summed E-state index contributed by atoms with van der Waals surface area (Å²) < 4.78 is 0. The van der Waals surface area contributed by atoms with Crippen molar-refractivity contribution in [3.8, 4) is 0 Å². The van der Waals surface area contributed by atoms with E-state index in [0.29, 0.717) is 0 Å². The lowest BCUT2D eigenvalue weighted by molar-refractivity contribution is 0.0288. The molecule has 0 spiro atoms. The molecule has 12 heavy (non-hydrogen) atoms. The minimum atomic E-state index is 0.842. The van der Waals surface area contributed by atoms with Crippen LogP contribution < -0.4 is 0 Å². The Morgan fingerprint density at radius 2 is 1.33 bits per heavy atom. The number of hydrogen-bond donors (Lipinski definition) is 0. The predicted octanol–water partition coefficient (Wildman–Crippen LogP) is 2.86. The van der Waals surface area contributed by atoms with Crippen LogP contribution in [0.5, 0.6) is 0 Å². The maximum absolute atomic E-state index is 2.42. The molecular weight excluding hydrogens is 143 g/mol. The molecule has 4 aliphatic rings. The third kappa shape index (κ3) is 0.915. The highest BCUT2D eigenvalue weighted by Gasteiger charge is 2.49. The fourth-order valence-electron chi connectivity index (χ4n) is 4.72. The Morgan fingerprint density at radius 3 is 1.67 bits per heavy atom. The molecule has 4 aliphatic carbocycles. The lowest BCUT2D eigenvalue weighted by atomic mass is 9.37. The lowest BCUT2D eigenvalue weighted by Crippen LogP contribution is -2.44. The van der Waals surface area contributed by atoms with Crippen LogP contribution in [0, 0.1) is 17.8 Å². The maximum atomic E-state index is 2.42. The van der Waals surface area contributed by atoms with Gasteiger partial charge in [0.25, 0.3) is 0 Å². The van der Waals surface area contributed by atoms with E-state index in [-0.39, 0.29) is 0 Å². The Balaban J connectivity index is 1.90. The molecule has 4 bridgehead atoms. The van der Waals surface area contributed by atoms with Crippen molar-refractivity contribution >= 4 is 7.28 Å². The summed E-state index contributed by atoms with van der Waals surface area (Å²) in [6.45, 7) is 2.42. The normalized spacial score (nSPS) is 55.9. The van der Waals surface area contributed by atoms with Crippen LogP contribution in [-0.2, 0) is 0 Å². The van der Waals surface area contributed by atoms with E-state index in [9.17, 15) is 0 Å². The molecule has 0 aromatic rings. The summed E-state index contributed by atoms with van der Waals surface area (Å²) in [5, 5.41) is 0.842. The van der Waals surface area contributed by atoms with Gasteiger partial charge in [-0.15, -0.1) is 0 Å². The van der Waals surface area contributed by atoms with Crippen LogP contribution in [0.3, 0.4) is 0 Å². The largest absolute Gasteiger partial charge is 0.125 e. The zero-order valence-electron chi connectivity index (χ0n) is 8.18. The monoisotopic (exact) mass is 162 g/mol. The first kappa shape index (κ1) is 7.47. The Labute approximate surface area is 76.4 Å². The van der Waals surface area contributed by atoms with Gasteiger partial charge in [-0.2, -0.15) is 0 Å². The van der Waals surface area contributed by atoms with Crippen LogP contribution >= 0.6 is 0 Å². The Morgan fingerprint density at radius 1 is 0.917 bits per heavy atom. The average Bonchev–Trinajstić information content (AvgIpc) is 2.02. The van der Waals surface area contributed by atoms with Gasteiger partial charge < -0.3 is 0 Å². The standard InChI is InChI=1S/C11H19B/c1-12-11-5-8-2-9(6-11)4-10(3-8)7-11/h8-10,12H,2-7H2,1H3. The molecule has 0 heterocycles. The quantitative estimate of drug-likeness (QED) is 0.520. The molecule has 4 saturated carbocycles. The highest BCUT2D eigenvalue weighted by atomic mass is 14.5. The van der Waals surface area contributed by atoms with Crippen LogP contribution in [0.1, 0.15) is 38.5 Å². The summed E-state index contributed by atoms with van der Waals surface area (Å²) in [5.41, 5.74) is 0. The summed E-state index contributed by atoms with van der Waals surface area (Å²) in [6.07, 6.45) is 9.57. The summed E-state index contributed by atoms with van der Waals surface area (Å²) in [6, 6.07) is 0. The van der Waals surface area contributed by atoms with Crippen molar-refractivity contribution in [1.82, 2.24) is 0 Å². The summed E-state index contributed by atoms with van der Waals surface area (Å²) in [4.78, 5) is 0. The zero-order valence-corrected chi connectivity index (χ0v) is 8.18. The van der Waals surface area contributed by atoms with E-state index >= 15 is 0 Å². The first-order chi connectivity index (χ1) is 5.80. The second-order valence-corrected chi connectivity index (χ2v) is 5.77. The summed E-state index contributed by atoms with van der Waals surface area (Å²) in [5.74, 6) is 3.45. The van der Waals surface area contributed by atoms with E-state index in [1.807, 2.05) is 0 Å². The van der Waals surface area contributed by atoms with Crippen molar-refractivity contribution in [2.75, 3.05) is 0 Å².